The molecule has 0 spiro atoms. The van der Waals surface area contributed by atoms with Crippen LogP contribution >= 0.6 is 23.2 Å². The number of halogens is 2. The summed E-state index contributed by atoms with van der Waals surface area (Å²) in [6.45, 7) is 1.74. The monoisotopic (exact) mass is 391 g/mol. The van der Waals surface area contributed by atoms with Gasteiger partial charge < -0.3 is 4.74 Å². The predicted octanol–water partition coefficient (Wildman–Crippen LogP) is 3.83. The average molecular weight is 392 g/mol. The van der Waals surface area contributed by atoms with E-state index in [0.29, 0.717) is 21.3 Å². The molecule has 134 valence electrons. The third-order valence-electron chi connectivity index (χ3n) is 4.18. The van der Waals surface area contributed by atoms with Crippen LogP contribution in [-0.2, 0) is 19.1 Å². The van der Waals surface area contributed by atoms with Crippen molar-refractivity contribution < 1.29 is 19.1 Å². The normalized spacial score (nSPS) is 19.7. The fraction of sp³-hybridized carbons (Fsp3) is 0.211. The second-order valence-electron chi connectivity index (χ2n) is 5.71. The molecule has 2 atom stereocenters. The summed E-state index contributed by atoms with van der Waals surface area (Å²) in [7, 11) is 0. The maximum absolute atomic E-state index is 12.7. The number of hydrogen-bond donors (Lipinski definition) is 0. The molecule has 0 saturated carbocycles. The summed E-state index contributed by atoms with van der Waals surface area (Å²) in [5, 5.41) is 0.844. The molecule has 5 nitrogen and oxygen atoms in total. The van der Waals surface area contributed by atoms with Gasteiger partial charge in [0.1, 0.15) is 5.92 Å². The molecule has 1 aliphatic heterocycles. The summed E-state index contributed by atoms with van der Waals surface area (Å²) in [5.41, 5.74) is 0.950. The average Bonchev–Trinajstić information content (AvgIpc) is 2.88. The van der Waals surface area contributed by atoms with Crippen molar-refractivity contribution in [1.82, 2.24) is 0 Å². The van der Waals surface area contributed by atoms with Gasteiger partial charge in [-0.1, -0.05) is 41.4 Å². The highest BCUT2D eigenvalue weighted by Gasteiger charge is 2.53. The van der Waals surface area contributed by atoms with E-state index in [4.69, 9.17) is 27.9 Å². The van der Waals surface area contributed by atoms with Crippen LogP contribution in [-0.4, -0.2) is 24.3 Å². The highest BCUT2D eigenvalue weighted by molar-refractivity contribution is 6.48. The third kappa shape index (κ3) is 3.20. The van der Waals surface area contributed by atoms with Crippen molar-refractivity contribution in [2.45, 2.75) is 13.0 Å². The Morgan fingerprint density at radius 2 is 1.73 bits per heavy atom. The van der Waals surface area contributed by atoms with Crippen molar-refractivity contribution in [2.24, 2.45) is 5.92 Å². The summed E-state index contributed by atoms with van der Waals surface area (Å²) in [6.07, 6.45) is 0. The highest BCUT2D eigenvalue weighted by Crippen LogP contribution is 2.42. The molecule has 0 aliphatic carbocycles. The van der Waals surface area contributed by atoms with Crippen LogP contribution in [0.4, 0.5) is 5.69 Å². The number of hydrogen-bond acceptors (Lipinski definition) is 4. The van der Waals surface area contributed by atoms with Crippen molar-refractivity contribution in [3.8, 4) is 0 Å². The van der Waals surface area contributed by atoms with E-state index in [-0.39, 0.29) is 6.61 Å². The van der Waals surface area contributed by atoms with Crippen LogP contribution in [0.25, 0.3) is 0 Å². The maximum atomic E-state index is 12.7. The van der Waals surface area contributed by atoms with Crippen LogP contribution in [0.15, 0.2) is 48.5 Å². The van der Waals surface area contributed by atoms with E-state index in [0.717, 1.165) is 0 Å². The first kappa shape index (κ1) is 18.4. The lowest BCUT2D eigenvalue weighted by Gasteiger charge is -2.27. The molecule has 2 aromatic rings. The maximum Gasteiger partial charge on any atom is 0.319 e. The van der Waals surface area contributed by atoms with Gasteiger partial charge in [0.25, 0.3) is 5.91 Å². The minimum Gasteiger partial charge on any atom is -0.465 e. The Balaban J connectivity index is 2.16. The van der Waals surface area contributed by atoms with Gasteiger partial charge in [-0.2, -0.15) is 0 Å². The largest absolute Gasteiger partial charge is 0.465 e. The van der Waals surface area contributed by atoms with Crippen LogP contribution in [0, 0.1) is 5.92 Å². The number of benzene rings is 2. The lowest BCUT2D eigenvalue weighted by atomic mass is 9.92. The van der Waals surface area contributed by atoms with Gasteiger partial charge in [0, 0.05) is 15.7 Å². The van der Waals surface area contributed by atoms with E-state index in [1.165, 1.54) is 4.90 Å². The van der Waals surface area contributed by atoms with Gasteiger partial charge in [0.2, 0.25) is 5.78 Å². The first-order chi connectivity index (χ1) is 12.5. The minimum atomic E-state index is -1.28. The van der Waals surface area contributed by atoms with Gasteiger partial charge in [-0.15, -0.1) is 0 Å². The fourth-order valence-corrected chi connectivity index (χ4v) is 3.43. The molecule has 0 radical (unpaired) electrons. The molecule has 2 unspecified atom stereocenters. The Bertz CT molecular complexity index is 866. The standard InChI is InChI=1S/C19H15Cl2NO4/c1-2-26-19(25)15-16(13-5-3-4-6-14(13)21)22(18(24)17(15)23)12-9-7-11(20)8-10-12/h3-10,15-16H,2H2,1H3. The van der Waals surface area contributed by atoms with Crippen molar-refractivity contribution in [2.75, 3.05) is 11.5 Å². The van der Waals surface area contributed by atoms with Crippen LogP contribution in [0.5, 0.6) is 0 Å². The number of nitrogens with zero attached hydrogens (tertiary/aromatic N) is 1. The SMILES string of the molecule is CCOC(=O)C1C(=O)C(=O)N(c2ccc(Cl)cc2)C1c1ccccc1Cl. The Hall–Kier alpha value is -2.37. The molecular formula is C19H15Cl2NO4. The molecule has 0 aromatic heterocycles. The zero-order valence-electron chi connectivity index (χ0n) is 13.8. The van der Waals surface area contributed by atoms with E-state index in [2.05, 4.69) is 0 Å². The second kappa shape index (κ2) is 7.48. The number of ketones is 1. The lowest BCUT2D eigenvalue weighted by Crippen LogP contribution is -2.31. The Kier molecular flexibility index (Phi) is 5.30. The number of carbonyl (C=O) groups excluding carboxylic acids is 3. The molecular weight excluding hydrogens is 377 g/mol. The molecule has 0 bridgehead atoms. The zero-order valence-corrected chi connectivity index (χ0v) is 15.3. The minimum absolute atomic E-state index is 0.104. The van der Waals surface area contributed by atoms with Gasteiger partial charge in [-0.05, 0) is 42.8 Å². The first-order valence-corrected chi connectivity index (χ1v) is 8.75. The molecule has 1 amide bonds. The first-order valence-electron chi connectivity index (χ1n) is 7.99. The summed E-state index contributed by atoms with van der Waals surface area (Å²) >= 11 is 12.2. The number of Topliss-reactive ketones (excluding diaryl/α,β-unsaturated/α-hetero) is 1. The molecule has 2 aromatic carbocycles. The van der Waals surface area contributed by atoms with Crippen molar-refractivity contribution in [3.63, 3.8) is 0 Å². The quantitative estimate of drug-likeness (QED) is 0.451. The summed E-state index contributed by atoms with van der Waals surface area (Å²) in [6, 6.07) is 12.4. The summed E-state index contributed by atoms with van der Waals surface area (Å²) in [5.74, 6) is -3.62. The molecule has 1 aliphatic rings. The van der Waals surface area contributed by atoms with E-state index >= 15 is 0 Å². The number of carbonyl (C=O) groups is 3. The van der Waals surface area contributed by atoms with Gasteiger partial charge in [0.05, 0.1) is 12.6 Å². The molecule has 1 fully saturated rings. The topological polar surface area (TPSA) is 63.7 Å². The van der Waals surface area contributed by atoms with Crippen molar-refractivity contribution in [1.29, 1.82) is 0 Å². The molecule has 7 heteroatoms. The van der Waals surface area contributed by atoms with Gasteiger partial charge in [0.15, 0.2) is 0 Å². The summed E-state index contributed by atoms with van der Waals surface area (Å²) in [4.78, 5) is 39.0. The predicted molar refractivity (Wildman–Crippen MR) is 98.3 cm³/mol. The van der Waals surface area contributed by atoms with E-state index in [9.17, 15) is 14.4 Å². The van der Waals surface area contributed by atoms with Crippen LogP contribution < -0.4 is 4.90 Å². The smallest absolute Gasteiger partial charge is 0.319 e. The number of esters is 1. The van der Waals surface area contributed by atoms with Crippen LogP contribution in [0.2, 0.25) is 10.0 Å². The molecule has 26 heavy (non-hydrogen) atoms. The van der Waals surface area contributed by atoms with E-state index in [1.807, 2.05) is 0 Å². The van der Waals surface area contributed by atoms with Crippen molar-refractivity contribution in [3.05, 3.63) is 64.1 Å². The van der Waals surface area contributed by atoms with Crippen LogP contribution in [0.1, 0.15) is 18.5 Å². The number of anilines is 1. The lowest BCUT2D eigenvalue weighted by molar-refractivity contribution is -0.152. The Morgan fingerprint density at radius 3 is 2.35 bits per heavy atom. The Morgan fingerprint density at radius 1 is 1.08 bits per heavy atom. The van der Waals surface area contributed by atoms with Gasteiger partial charge in [-0.25, -0.2) is 0 Å². The number of amides is 1. The molecule has 1 saturated heterocycles. The second-order valence-corrected chi connectivity index (χ2v) is 6.56. The molecule has 0 N–H and O–H groups in total. The van der Waals surface area contributed by atoms with E-state index in [1.54, 1.807) is 55.5 Å². The number of ether oxygens (including phenoxy) is 1. The highest BCUT2D eigenvalue weighted by atomic mass is 35.5. The molecule has 1 heterocycles. The van der Waals surface area contributed by atoms with Gasteiger partial charge in [-0.3, -0.25) is 19.3 Å². The van der Waals surface area contributed by atoms with Crippen molar-refractivity contribution >= 4 is 46.5 Å². The summed E-state index contributed by atoms with van der Waals surface area (Å²) < 4.78 is 5.04. The van der Waals surface area contributed by atoms with Crippen LogP contribution in [0.3, 0.4) is 0 Å². The Labute approximate surface area is 160 Å². The molecule has 3 rings (SSSR count). The zero-order chi connectivity index (χ0) is 18.8. The third-order valence-corrected chi connectivity index (χ3v) is 4.77. The van der Waals surface area contributed by atoms with Gasteiger partial charge >= 0.3 is 5.97 Å². The fourth-order valence-electron chi connectivity index (χ4n) is 3.05. The number of rotatable bonds is 4. The van der Waals surface area contributed by atoms with E-state index < -0.39 is 29.6 Å².